The van der Waals surface area contributed by atoms with E-state index in [9.17, 15) is 4.79 Å². The smallest absolute Gasteiger partial charge is 0.177 e. The molecule has 0 spiro atoms. The summed E-state index contributed by atoms with van der Waals surface area (Å²) >= 11 is 8.40. The van der Waals surface area contributed by atoms with Gasteiger partial charge in [0.1, 0.15) is 0 Å². The van der Waals surface area contributed by atoms with Crippen LogP contribution in [-0.4, -0.2) is 5.78 Å². The molecule has 0 bridgehead atoms. The molecule has 0 aliphatic rings. The van der Waals surface area contributed by atoms with Gasteiger partial charge in [-0.3, -0.25) is 4.79 Å². The Labute approximate surface area is 121 Å². The first-order valence-corrected chi connectivity index (χ1v) is 7.50. The maximum Gasteiger partial charge on any atom is 0.177 e. The van der Waals surface area contributed by atoms with Crippen molar-refractivity contribution in [2.24, 2.45) is 0 Å². The van der Waals surface area contributed by atoms with Gasteiger partial charge in [0.25, 0.3) is 0 Å². The second-order valence-electron chi connectivity index (χ2n) is 3.76. The first kappa shape index (κ1) is 13.0. The molecular formula is C13H10Br2OS. The molecule has 17 heavy (non-hydrogen) atoms. The zero-order valence-electron chi connectivity index (χ0n) is 9.17. The zero-order chi connectivity index (χ0) is 12.4. The van der Waals surface area contributed by atoms with Crippen molar-refractivity contribution in [2.45, 2.75) is 13.3 Å². The fourth-order valence-electron chi connectivity index (χ4n) is 1.50. The van der Waals surface area contributed by atoms with Crippen molar-refractivity contribution in [3.8, 4) is 0 Å². The van der Waals surface area contributed by atoms with Crippen LogP contribution in [0.2, 0.25) is 0 Å². The van der Waals surface area contributed by atoms with E-state index in [1.165, 1.54) is 11.3 Å². The van der Waals surface area contributed by atoms with Gasteiger partial charge in [0.15, 0.2) is 5.78 Å². The molecule has 0 unspecified atom stereocenters. The van der Waals surface area contributed by atoms with Gasteiger partial charge < -0.3 is 0 Å². The van der Waals surface area contributed by atoms with Gasteiger partial charge in [0, 0.05) is 10.9 Å². The van der Waals surface area contributed by atoms with Crippen molar-refractivity contribution in [3.63, 3.8) is 0 Å². The van der Waals surface area contributed by atoms with Gasteiger partial charge in [-0.2, -0.15) is 0 Å². The normalized spacial score (nSPS) is 10.5. The van der Waals surface area contributed by atoms with Crippen LogP contribution in [0.25, 0.3) is 0 Å². The molecule has 1 heterocycles. The molecule has 88 valence electrons. The second-order valence-corrected chi connectivity index (χ2v) is 6.98. The Bertz CT molecular complexity index is 541. The lowest BCUT2D eigenvalue weighted by molar-refractivity contribution is 0.0996. The van der Waals surface area contributed by atoms with Crippen molar-refractivity contribution in [1.82, 2.24) is 0 Å². The molecule has 2 aromatic rings. The number of hydrogen-bond acceptors (Lipinski definition) is 2. The van der Waals surface area contributed by atoms with E-state index in [4.69, 9.17) is 0 Å². The predicted molar refractivity (Wildman–Crippen MR) is 78.9 cm³/mol. The summed E-state index contributed by atoms with van der Waals surface area (Å²) < 4.78 is 2.02. The molecule has 0 aliphatic carbocycles. The molecule has 0 saturated carbocycles. The van der Waals surface area contributed by atoms with E-state index in [1.807, 2.05) is 37.3 Å². The van der Waals surface area contributed by atoms with Crippen LogP contribution in [0, 0.1) is 6.92 Å². The number of benzene rings is 1. The molecule has 1 nitrogen and oxygen atoms in total. The number of carbonyl (C=O) groups is 1. The maximum absolute atomic E-state index is 12.1. The summed E-state index contributed by atoms with van der Waals surface area (Å²) in [6.45, 7) is 2.00. The van der Waals surface area contributed by atoms with Crippen LogP contribution in [0.15, 0.2) is 38.6 Å². The summed E-state index contributed by atoms with van der Waals surface area (Å²) in [5.41, 5.74) is 2.14. The predicted octanol–water partition coefficient (Wildman–Crippen LogP) is 5.01. The average Bonchev–Trinajstić information content (AvgIpc) is 2.63. The zero-order valence-corrected chi connectivity index (χ0v) is 13.2. The Hall–Kier alpha value is -0.450. The second kappa shape index (κ2) is 5.46. The van der Waals surface area contributed by atoms with Crippen molar-refractivity contribution < 1.29 is 4.79 Å². The average molecular weight is 374 g/mol. The van der Waals surface area contributed by atoms with Gasteiger partial charge in [-0.25, -0.2) is 0 Å². The van der Waals surface area contributed by atoms with Gasteiger partial charge >= 0.3 is 0 Å². The molecule has 2 rings (SSSR count). The number of rotatable bonds is 3. The van der Waals surface area contributed by atoms with Crippen LogP contribution in [-0.2, 0) is 6.42 Å². The number of halogens is 2. The van der Waals surface area contributed by atoms with Gasteiger partial charge in [-0.05, 0) is 46.1 Å². The third-order valence-corrected chi connectivity index (χ3v) is 5.39. The van der Waals surface area contributed by atoms with E-state index in [2.05, 4.69) is 31.9 Å². The molecule has 0 amide bonds. The third-order valence-electron chi connectivity index (χ3n) is 2.44. The van der Waals surface area contributed by atoms with Crippen LogP contribution in [0.3, 0.4) is 0 Å². The SMILES string of the molecule is Cc1cc(C(=O)Cc2ccccc2Br)sc1Br. The lowest BCUT2D eigenvalue weighted by Crippen LogP contribution is -2.01. The van der Waals surface area contributed by atoms with Crippen molar-refractivity contribution in [1.29, 1.82) is 0 Å². The highest BCUT2D eigenvalue weighted by molar-refractivity contribution is 9.11. The molecule has 0 atom stereocenters. The minimum absolute atomic E-state index is 0.163. The summed E-state index contributed by atoms with van der Waals surface area (Å²) in [5, 5.41) is 0. The van der Waals surface area contributed by atoms with E-state index in [1.54, 1.807) is 0 Å². The molecule has 1 aromatic carbocycles. The van der Waals surface area contributed by atoms with Crippen molar-refractivity contribution in [3.05, 3.63) is 54.6 Å². The van der Waals surface area contributed by atoms with Crippen molar-refractivity contribution in [2.75, 3.05) is 0 Å². The van der Waals surface area contributed by atoms with E-state index in [0.717, 1.165) is 24.3 Å². The molecule has 0 fully saturated rings. The van der Waals surface area contributed by atoms with E-state index in [-0.39, 0.29) is 5.78 Å². The lowest BCUT2D eigenvalue weighted by atomic mass is 10.1. The Morgan fingerprint density at radius 3 is 2.59 bits per heavy atom. The first-order chi connectivity index (χ1) is 8.08. The molecule has 1 aromatic heterocycles. The molecule has 0 aliphatic heterocycles. The Kier molecular flexibility index (Phi) is 4.17. The minimum Gasteiger partial charge on any atom is -0.293 e. The summed E-state index contributed by atoms with van der Waals surface area (Å²) in [5.74, 6) is 0.163. The van der Waals surface area contributed by atoms with Crippen LogP contribution < -0.4 is 0 Å². The molecule has 0 radical (unpaired) electrons. The Morgan fingerprint density at radius 2 is 2.00 bits per heavy atom. The van der Waals surface area contributed by atoms with Gasteiger partial charge in [-0.15, -0.1) is 11.3 Å². The highest BCUT2D eigenvalue weighted by Gasteiger charge is 2.13. The third kappa shape index (κ3) is 3.06. The van der Waals surface area contributed by atoms with E-state index in [0.29, 0.717) is 6.42 Å². The largest absolute Gasteiger partial charge is 0.293 e. The topological polar surface area (TPSA) is 17.1 Å². The van der Waals surface area contributed by atoms with Crippen LogP contribution >= 0.6 is 43.2 Å². The molecule has 0 saturated heterocycles. The van der Waals surface area contributed by atoms with Gasteiger partial charge in [0.2, 0.25) is 0 Å². The summed E-state index contributed by atoms with van der Waals surface area (Å²) in [7, 11) is 0. The summed E-state index contributed by atoms with van der Waals surface area (Å²) in [6.07, 6.45) is 0.438. The van der Waals surface area contributed by atoms with Crippen LogP contribution in [0.4, 0.5) is 0 Å². The monoisotopic (exact) mass is 372 g/mol. The van der Waals surface area contributed by atoms with Gasteiger partial charge in [0.05, 0.1) is 8.66 Å². The first-order valence-electron chi connectivity index (χ1n) is 5.10. The Balaban J connectivity index is 2.20. The lowest BCUT2D eigenvalue weighted by Gasteiger charge is -2.01. The molecule has 4 heteroatoms. The number of carbonyl (C=O) groups excluding carboxylic acids is 1. The van der Waals surface area contributed by atoms with Crippen LogP contribution in [0.1, 0.15) is 20.8 Å². The fraction of sp³-hybridized carbons (Fsp3) is 0.154. The quantitative estimate of drug-likeness (QED) is 0.691. The number of thiophene rings is 1. The Morgan fingerprint density at radius 1 is 1.29 bits per heavy atom. The molecular weight excluding hydrogens is 364 g/mol. The highest BCUT2D eigenvalue weighted by atomic mass is 79.9. The standard InChI is InChI=1S/C13H10Br2OS/c1-8-6-12(17-13(8)15)11(16)7-9-4-2-3-5-10(9)14/h2-6H,7H2,1H3. The van der Waals surface area contributed by atoms with Crippen LogP contribution in [0.5, 0.6) is 0 Å². The number of hydrogen-bond donors (Lipinski definition) is 0. The maximum atomic E-state index is 12.1. The number of ketones is 1. The highest BCUT2D eigenvalue weighted by Crippen LogP contribution is 2.28. The van der Waals surface area contributed by atoms with Gasteiger partial charge in [-0.1, -0.05) is 34.1 Å². The summed E-state index contributed by atoms with van der Waals surface area (Å²) in [4.78, 5) is 12.9. The minimum atomic E-state index is 0.163. The molecule has 0 N–H and O–H groups in total. The van der Waals surface area contributed by atoms with E-state index >= 15 is 0 Å². The fourth-order valence-corrected chi connectivity index (χ4v) is 3.40. The number of aryl methyl sites for hydroxylation is 1. The summed E-state index contributed by atoms with van der Waals surface area (Å²) in [6, 6.07) is 9.76. The number of Topliss-reactive ketones (excluding diaryl/α,β-unsaturated/α-hetero) is 1. The van der Waals surface area contributed by atoms with Crippen molar-refractivity contribution >= 4 is 49.0 Å². The van der Waals surface area contributed by atoms with E-state index < -0.39 is 0 Å².